The summed E-state index contributed by atoms with van der Waals surface area (Å²) in [4.78, 5) is 23.3. The quantitative estimate of drug-likeness (QED) is 0.536. The van der Waals surface area contributed by atoms with Crippen LogP contribution in [0.5, 0.6) is 11.5 Å². The Morgan fingerprint density at radius 1 is 1.03 bits per heavy atom. The van der Waals surface area contributed by atoms with E-state index in [1.807, 2.05) is 0 Å². The van der Waals surface area contributed by atoms with Gasteiger partial charge in [0.15, 0.2) is 18.1 Å². The molecule has 0 saturated heterocycles. The molecule has 2 amide bonds. The van der Waals surface area contributed by atoms with E-state index in [0.29, 0.717) is 23.4 Å². The minimum absolute atomic E-state index is 0.0342. The maximum Gasteiger partial charge on any atom is 0.255 e. The summed E-state index contributed by atoms with van der Waals surface area (Å²) < 4.78 is 36.5. The number of benzene rings is 2. The minimum atomic E-state index is -3.38. The molecule has 0 aliphatic carbocycles. The summed E-state index contributed by atoms with van der Waals surface area (Å²) in [5.41, 5.74) is 6.25. The van der Waals surface area contributed by atoms with E-state index in [4.69, 9.17) is 15.2 Å². The molecular formula is C19H23N3O6S. The highest BCUT2D eigenvalue weighted by atomic mass is 32.2. The molecule has 0 radical (unpaired) electrons. The van der Waals surface area contributed by atoms with Gasteiger partial charge in [-0.05, 0) is 48.9 Å². The van der Waals surface area contributed by atoms with Crippen LogP contribution in [0.2, 0.25) is 0 Å². The fourth-order valence-electron chi connectivity index (χ4n) is 2.40. The number of primary amides is 1. The summed E-state index contributed by atoms with van der Waals surface area (Å²) in [6.07, 6.45) is 0.513. The summed E-state index contributed by atoms with van der Waals surface area (Å²) in [7, 11) is -1.97. The van der Waals surface area contributed by atoms with Crippen LogP contribution in [0.25, 0.3) is 0 Å². The number of methoxy groups -OCH3 is 1. The average Bonchev–Trinajstić information content (AvgIpc) is 2.67. The van der Waals surface area contributed by atoms with Gasteiger partial charge in [-0.2, -0.15) is 0 Å². The molecule has 29 heavy (non-hydrogen) atoms. The van der Waals surface area contributed by atoms with E-state index in [9.17, 15) is 18.0 Å². The molecule has 0 heterocycles. The third-order valence-corrected chi connectivity index (χ3v) is 5.18. The van der Waals surface area contributed by atoms with Crippen LogP contribution in [0.15, 0.2) is 42.5 Å². The van der Waals surface area contributed by atoms with Crippen molar-refractivity contribution in [2.45, 2.75) is 13.3 Å². The maximum atomic E-state index is 12.5. The summed E-state index contributed by atoms with van der Waals surface area (Å²) in [5.74, 6) is -0.434. The molecule has 2 rings (SSSR count). The fourth-order valence-corrected chi connectivity index (χ4v) is 3.54. The normalized spacial score (nSPS) is 10.8. The van der Waals surface area contributed by atoms with Gasteiger partial charge in [-0.1, -0.05) is 6.92 Å². The number of hydrogen-bond donors (Lipinski definition) is 3. The summed E-state index contributed by atoms with van der Waals surface area (Å²) in [5, 5.41) is 2.71. The molecule has 0 aromatic heterocycles. The monoisotopic (exact) mass is 421 g/mol. The second kappa shape index (κ2) is 9.78. The lowest BCUT2D eigenvalue weighted by Crippen LogP contribution is -2.20. The van der Waals surface area contributed by atoms with E-state index in [1.165, 1.54) is 25.3 Å². The number of anilines is 2. The SMILES string of the molecule is CCCS(=O)(=O)Nc1ccc(NC(=O)c2ccc(OCC(N)=O)c(OC)c2)cc1. The zero-order valence-electron chi connectivity index (χ0n) is 16.1. The van der Waals surface area contributed by atoms with Crippen molar-refractivity contribution in [1.82, 2.24) is 0 Å². The zero-order chi connectivity index (χ0) is 21.4. The molecule has 0 saturated carbocycles. The van der Waals surface area contributed by atoms with Crippen LogP contribution in [0.1, 0.15) is 23.7 Å². The van der Waals surface area contributed by atoms with Gasteiger partial charge in [0.2, 0.25) is 10.0 Å². The van der Waals surface area contributed by atoms with Gasteiger partial charge in [0, 0.05) is 16.9 Å². The Labute approximate surface area is 169 Å². The molecule has 0 atom stereocenters. The molecule has 0 fully saturated rings. The molecule has 9 nitrogen and oxygen atoms in total. The van der Waals surface area contributed by atoms with Gasteiger partial charge < -0.3 is 20.5 Å². The summed E-state index contributed by atoms with van der Waals surface area (Å²) in [6, 6.07) is 10.8. The average molecular weight is 421 g/mol. The first-order chi connectivity index (χ1) is 13.7. The van der Waals surface area contributed by atoms with Gasteiger partial charge in [0.1, 0.15) is 0 Å². The van der Waals surface area contributed by atoms with Crippen LogP contribution in [0.4, 0.5) is 11.4 Å². The molecule has 4 N–H and O–H groups in total. The van der Waals surface area contributed by atoms with Crippen molar-refractivity contribution < 1.29 is 27.5 Å². The second-order valence-corrected chi connectivity index (χ2v) is 7.91. The first-order valence-corrected chi connectivity index (χ1v) is 10.4. The van der Waals surface area contributed by atoms with E-state index in [2.05, 4.69) is 10.0 Å². The Bertz CT molecular complexity index is 974. The van der Waals surface area contributed by atoms with E-state index in [-0.39, 0.29) is 23.9 Å². The molecule has 2 aromatic rings. The number of ether oxygens (including phenoxy) is 2. The number of nitrogens with one attached hydrogen (secondary N) is 2. The predicted molar refractivity (Wildman–Crippen MR) is 110 cm³/mol. The fraction of sp³-hybridized carbons (Fsp3) is 0.263. The van der Waals surface area contributed by atoms with Crippen LogP contribution in [-0.4, -0.2) is 39.7 Å². The number of hydrogen-bond acceptors (Lipinski definition) is 6. The van der Waals surface area contributed by atoms with Crippen molar-refractivity contribution in [3.05, 3.63) is 48.0 Å². The second-order valence-electron chi connectivity index (χ2n) is 6.07. The lowest BCUT2D eigenvalue weighted by atomic mass is 10.1. The Morgan fingerprint density at radius 2 is 1.69 bits per heavy atom. The van der Waals surface area contributed by atoms with Gasteiger partial charge in [0.05, 0.1) is 12.9 Å². The third-order valence-electron chi connectivity index (χ3n) is 3.68. The summed E-state index contributed by atoms with van der Waals surface area (Å²) in [6.45, 7) is 1.47. The van der Waals surface area contributed by atoms with Crippen LogP contribution in [-0.2, 0) is 14.8 Å². The smallest absolute Gasteiger partial charge is 0.255 e. The van der Waals surface area contributed by atoms with E-state index < -0.39 is 21.8 Å². The number of amides is 2. The molecular weight excluding hydrogens is 398 g/mol. The van der Waals surface area contributed by atoms with Crippen LogP contribution in [0, 0.1) is 0 Å². The maximum absolute atomic E-state index is 12.5. The Balaban J connectivity index is 2.07. The van der Waals surface area contributed by atoms with Crippen molar-refractivity contribution in [3.8, 4) is 11.5 Å². The van der Waals surface area contributed by atoms with E-state index >= 15 is 0 Å². The van der Waals surface area contributed by atoms with Gasteiger partial charge >= 0.3 is 0 Å². The van der Waals surface area contributed by atoms with Crippen molar-refractivity contribution in [2.24, 2.45) is 5.73 Å². The standard InChI is InChI=1S/C19H23N3O6S/c1-3-10-29(25,26)22-15-7-5-14(6-8-15)21-19(24)13-4-9-16(17(11-13)27-2)28-12-18(20)23/h4-9,11,22H,3,10,12H2,1-2H3,(H2,20,23)(H,21,24). The van der Waals surface area contributed by atoms with Crippen molar-refractivity contribution in [3.63, 3.8) is 0 Å². The zero-order valence-corrected chi connectivity index (χ0v) is 16.9. The van der Waals surface area contributed by atoms with Crippen molar-refractivity contribution in [1.29, 1.82) is 0 Å². The highest BCUT2D eigenvalue weighted by Crippen LogP contribution is 2.28. The number of sulfonamides is 1. The highest BCUT2D eigenvalue weighted by molar-refractivity contribution is 7.92. The number of carbonyl (C=O) groups is 2. The van der Waals surface area contributed by atoms with E-state index in [0.717, 1.165) is 0 Å². The Hall–Kier alpha value is -3.27. The molecule has 2 aromatic carbocycles. The molecule has 0 aliphatic rings. The predicted octanol–water partition coefficient (Wildman–Crippen LogP) is 1.96. The van der Waals surface area contributed by atoms with Crippen molar-refractivity contribution >= 4 is 33.2 Å². The number of carbonyl (C=O) groups excluding carboxylic acids is 2. The lowest BCUT2D eigenvalue weighted by Gasteiger charge is -2.12. The van der Waals surface area contributed by atoms with E-state index in [1.54, 1.807) is 31.2 Å². The summed E-state index contributed by atoms with van der Waals surface area (Å²) >= 11 is 0. The molecule has 10 heteroatoms. The Kier molecular flexibility index (Phi) is 7.43. The molecule has 0 spiro atoms. The van der Waals surface area contributed by atoms with Gasteiger partial charge in [-0.25, -0.2) is 8.42 Å². The van der Waals surface area contributed by atoms with Gasteiger partial charge in [0.25, 0.3) is 11.8 Å². The number of nitrogens with two attached hydrogens (primary N) is 1. The largest absolute Gasteiger partial charge is 0.493 e. The van der Waals surface area contributed by atoms with Gasteiger partial charge in [-0.15, -0.1) is 0 Å². The first kappa shape index (κ1) is 22.0. The molecule has 0 aliphatic heterocycles. The topological polar surface area (TPSA) is 137 Å². The van der Waals surface area contributed by atoms with Gasteiger partial charge in [-0.3, -0.25) is 14.3 Å². The first-order valence-electron chi connectivity index (χ1n) is 8.75. The van der Waals surface area contributed by atoms with Crippen LogP contribution in [0.3, 0.4) is 0 Å². The minimum Gasteiger partial charge on any atom is -0.493 e. The molecule has 0 unspecified atom stereocenters. The van der Waals surface area contributed by atoms with Crippen LogP contribution >= 0.6 is 0 Å². The Morgan fingerprint density at radius 3 is 2.28 bits per heavy atom. The third kappa shape index (κ3) is 6.68. The van der Waals surface area contributed by atoms with Crippen LogP contribution < -0.4 is 25.2 Å². The highest BCUT2D eigenvalue weighted by Gasteiger charge is 2.13. The van der Waals surface area contributed by atoms with Crippen molar-refractivity contribution in [2.75, 3.05) is 29.5 Å². The number of rotatable bonds is 10. The lowest BCUT2D eigenvalue weighted by molar-refractivity contribution is -0.119. The molecule has 156 valence electrons. The molecule has 0 bridgehead atoms.